The Balaban J connectivity index is 2.20. The lowest BCUT2D eigenvalue weighted by Gasteiger charge is -2.24. The van der Waals surface area contributed by atoms with Crippen molar-refractivity contribution in [2.45, 2.75) is 37.4 Å². The van der Waals surface area contributed by atoms with Crippen LogP contribution in [0.1, 0.15) is 26.2 Å². The van der Waals surface area contributed by atoms with Crippen molar-refractivity contribution in [2.75, 3.05) is 11.5 Å². The van der Waals surface area contributed by atoms with Gasteiger partial charge in [0.2, 0.25) is 0 Å². The third kappa shape index (κ3) is 1.59. The van der Waals surface area contributed by atoms with Crippen molar-refractivity contribution < 1.29 is 17.9 Å². The first kappa shape index (κ1) is 10.1. The highest BCUT2D eigenvalue weighted by Crippen LogP contribution is 2.43. The zero-order chi connectivity index (χ0) is 10.4. The van der Waals surface area contributed by atoms with E-state index >= 15 is 0 Å². The van der Waals surface area contributed by atoms with Crippen molar-refractivity contribution in [3.05, 3.63) is 0 Å². The van der Waals surface area contributed by atoms with E-state index in [1.165, 1.54) is 0 Å². The van der Waals surface area contributed by atoms with Crippen molar-refractivity contribution >= 4 is 16.1 Å². The van der Waals surface area contributed by atoms with Gasteiger partial charge in [-0.3, -0.25) is 0 Å². The standard InChI is InChI=1S/C9H14O4S/c1-8(6-10)2-3-9(13-8)4-5-14(11,12)7-9/h6H,2-5,7H2,1H3. The molecule has 0 bridgehead atoms. The van der Waals surface area contributed by atoms with Crippen LogP contribution >= 0.6 is 0 Å². The average molecular weight is 218 g/mol. The molecular formula is C9H14O4S. The van der Waals surface area contributed by atoms with Gasteiger partial charge < -0.3 is 9.53 Å². The minimum Gasteiger partial charge on any atom is -0.360 e. The van der Waals surface area contributed by atoms with Gasteiger partial charge in [-0.1, -0.05) is 0 Å². The Kier molecular flexibility index (Phi) is 2.02. The van der Waals surface area contributed by atoms with Gasteiger partial charge in [-0.05, 0) is 26.2 Å². The van der Waals surface area contributed by atoms with E-state index in [9.17, 15) is 13.2 Å². The largest absolute Gasteiger partial charge is 0.360 e. The second kappa shape index (κ2) is 2.79. The van der Waals surface area contributed by atoms with Crippen LogP contribution in [0.4, 0.5) is 0 Å². The summed E-state index contributed by atoms with van der Waals surface area (Å²) in [6.07, 6.45) is 2.64. The van der Waals surface area contributed by atoms with Gasteiger partial charge in [0.25, 0.3) is 0 Å². The summed E-state index contributed by atoms with van der Waals surface area (Å²) in [6, 6.07) is 0. The van der Waals surface area contributed by atoms with Crippen molar-refractivity contribution in [1.29, 1.82) is 0 Å². The Morgan fingerprint density at radius 2 is 2.00 bits per heavy atom. The van der Waals surface area contributed by atoms with E-state index in [1.807, 2.05) is 0 Å². The number of ether oxygens (including phenoxy) is 1. The molecule has 0 radical (unpaired) electrons. The minimum atomic E-state index is -2.94. The molecule has 1 spiro atoms. The molecule has 0 aromatic heterocycles. The molecule has 2 atom stereocenters. The Bertz CT molecular complexity index is 361. The minimum absolute atomic E-state index is 0.0867. The number of sulfone groups is 1. The molecule has 2 heterocycles. The molecule has 0 aromatic carbocycles. The zero-order valence-electron chi connectivity index (χ0n) is 8.15. The Morgan fingerprint density at radius 1 is 1.29 bits per heavy atom. The molecule has 4 nitrogen and oxygen atoms in total. The summed E-state index contributed by atoms with van der Waals surface area (Å²) in [5.41, 5.74) is -1.33. The highest BCUT2D eigenvalue weighted by atomic mass is 32.2. The van der Waals surface area contributed by atoms with Gasteiger partial charge in [-0.25, -0.2) is 8.42 Å². The summed E-state index contributed by atoms with van der Waals surface area (Å²) in [7, 11) is -2.94. The van der Waals surface area contributed by atoms with Gasteiger partial charge in [-0.15, -0.1) is 0 Å². The smallest absolute Gasteiger partial charge is 0.153 e. The molecule has 0 amide bonds. The fourth-order valence-corrected chi connectivity index (χ4v) is 4.30. The normalized spacial score (nSPS) is 45.8. The van der Waals surface area contributed by atoms with Crippen LogP contribution in [0.5, 0.6) is 0 Å². The van der Waals surface area contributed by atoms with Gasteiger partial charge in [0.05, 0.1) is 17.1 Å². The summed E-state index contributed by atoms with van der Waals surface area (Å²) in [4.78, 5) is 10.8. The first-order valence-corrected chi connectivity index (χ1v) is 6.58. The first-order valence-electron chi connectivity index (χ1n) is 4.76. The molecule has 80 valence electrons. The fourth-order valence-electron chi connectivity index (χ4n) is 2.32. The van der Waals surface area contributed by atoms with Crippen molar-refractivity contribution in [3.63, 3.8) is 0 Å². The van der Waals surface area contributed by atoms with Crippen LogP contribution in [0.15, 0.2) is 0 Å². The summed E-state index contributed by atoms with van der Waals surface area (Å²) in [5, 5.41) is 0. The van der Waals surface area contributed by atoms with Gasteiger partial charge in [0.1, 0.15) is 5.60 Å². The van der Waals surface area contributed by atoms with Crippen LogP contribution in [0.2, 0.25) is 0 Å². The van der Waals surface area contributed by atoms with E-state index in [-0.39, 0.29) is 11.5 Å². The van der Waals surface area contributed by atoms with E-state index in [0.717, 1.165) is 6.29 Å². The number of hydrogen-bond donors (Lipinski definition) is 0. The lowest BCUT2D eigenvalue weighted by Crippen LogP contribution is -2.35. The van der Waals surface area contributed by atoms with E-state index in [1.54, 1.807) is 6.92 Å². The van der Waals surface area contributed by atoms with Gasteiger partial charge in [-0.2, -0.15) is 0 Å². The highest BCUT2D eigenvalue weighted by molar-refractivity contribution is 7.91. The molecule has 2 aliphatic rings. The lowest BCUT2D eigenvalue weighted by molar-refractivity contribution is -0.135. The molecule has 2 aliphatic heterocycles. The van der Waals surface area contributed by atoms with Crippen LogP contribution in [-0.4, -0.2) is 37.4 Å². The third-order valence-electron chi connectivity index (χ3n) is 3.13. The third-order valence-corrected chi connectivity index (χ3v) is 4.92. The fraction of sp³-hybridized carbons (Fsp3) is 0.889. The maximum Gasteiger partial charge on any atom is 0.153 e. The molecule has 2 saturated heterocycles. The molecule has 5 heteroatoms. The number of rotatable bonds is 1. The molecule has 0 aromatic rings. The van der Waals surface area contributed by atoms with Crippen molar-refractivity contribution in [1.82, 2.24) is 0 Å². The summed E-state index contributed by atoms with van der Waals surface area (Å²) >= 11 is 0. The summed E-state index contributed by atoms with van der Waals surface area (Å²) in [6.45, 7) is 1.72. The quantitative estimate of drug-likeness (QED) is 0.594. The second-order valence-electron chi connectivity index (χ2n) is 4.56. The van der Waals surface area contributed by atoms with Gasteiger partial charge in [0, 0.05) is 0 Å². The highest BCUT2D eigenvalue weighted by Gasteiger charge is 2.52. The predicted molar refractivity (Wildman–Crippen MR) is 50.8 cm³/mol. The van der Waals surface area contributed by atoms with E-state index < -0.39 is 21.0 Å². The van der Waals surface area contributed by atoms with Gasteiger partial charge in [0.15, 0.2) is 16.1 Å². The predicted octanol–water partition coefficient (Wildman–Crippen LogP) is 0.312. The average Bonchev–Trinajstić information content (AvgIpc) is 2.56. The number of carbonyl (C=O) groups is 1. The van der Waals surface area contributed by atoms with Crippen LogP contribution in [0, 0.1) is 0 Å². The Labute approximate surface area is 83.5 Å². The number of hydrogen-bond acceptors (Lipinski definition) is 4. The Hall–Kier alpha value is -0.420. The molecule has 2 unspecified atom stereocenters. The topological polar surface area (TPSA) is 60.4 Å². The van der Waals surface area contributed by atoms with Crippen LogP contribution in [0.3, 0.4) is 0 Å². The van der Waals surface area contributed by atoms with Crippen LogP contribution in [-0.2, 0) is 19.4 Å². The van der Waals surface area contributed by atoms with E-state index in [2.05, 4.69) is 0 Å². The number of aldehydes is 1. The lowest BCUT2D eigenvalue weighted by atomic mass is 9.97. The number of carbonyl (C=O) groups excluding carboxylic acids is 1. The Morgan fingerprint density at radius 3 is 2.43 bits per heavy atom. The van der Waals surface area contributed by atoms with Crippen LogP contribution in [0.25, 0.3) is 0 Å². The second-order valence-corrected chi connectivity index (χ2v) is 6.74. The summed E-state index contributed by atoms with van der Waals surface area (Å²) in [5.74, 6) is 0.283. The molecule has 2 fully saturated rings. The van der Waals surface area contributed by atoms with Gasteiger partial charge >= 0.3 is 0 Å². The molecule has 0 saturated carbocycles. The molecule has 2 rings (SSSR count). The van der Waals surface area contributed by atoms with E-state index in [0.29, 0.717) is 19.3 Å². The van der Waals surface area contributed by atoms with Crippen LogP contribution < -0.4 is 0 Å². The zero-order valence-corrected chi connectivity index (χ0v) is 8.97. The molecule has 14 heavy (non-hydrogen) atoms. The van der Waals surface area contributed by atoms with Crippen molar-refractivity contribution in [3.8, 4) is 0 Å². The summed E-state index contributed by atoms with van der Waals surface area (Å²) < 4.78 is 28.3. The molecule has 0 aliphatic carbocycles. The maximum atomic E-state index is 11.3. The molecular weight excluding hydrogens is 204 g/mol. The van der Waals surface area contributed by atoms with E-state index in [4.69, 9.17) is 4.74 Å². The van der Waals surface area contributed by atoms with Crippen molar-refractivity contribution in [2.24, 2.45) is 0 Å². The monoisotopic (exact) mass is 218 g/mol. The SMILES string of the molecule is CC1(C=O)CCC2(CCS(=O)(=O)C2)O1. The molecule has 0 N–H and O–H groups in total. The first-order chi connectivity index (χ1) is 6.39. The maximum absolute atomic E-state index is 11.3.